The molecule has 0 atom stereocenters. The van der Waals surface area contributed by atoms with Gasteiger partial charge in [0.2, 0.25) is 10.0 Å². The van der Waals surface area contributed by atoms with Crippen molar-refractivity contribution in [2.24, 2.45) is 11.8 Å². The van der Waals surface area contributed by atoms with Gasteiger partial charge in [0.15, 0.2) is 0 Å². The van der Waals surface area contributed by atoms with E-state index < -0.39 is 10.0 Å². The molecule has 0 amide bonds. The van der Waals surface area contributed by atoms with Gasteiger partial charge in [-0.3, -0.25) is 0 Å². The first-order valence-corrected chi connectivity index (χ1v) is 14.5. The molecule has 2 aliphatic rings. The summed E-state index contributed by atoms with van der Waals surface area (Å²) in [6.45, 7) is 6.12. The van der Waals surface area contributed by atoms with E-state index in [2.05, 4.69) is 33.0 Å². The minimum atomic E-state index is -3.08. The molecule has 0 N–H and O–H groups in total. The van der Waals surface area contributed by atoms with Crippen LogP contribution in [0.2, 0.25) is 0 Å². The molecule has 3 rings (SSSR count). The van der Waals surface area contributed by atoms with Crippen molar-refractivity contribution in [2.45, 2.75) is 64.3 Å². The van der Waals surface area contributed by atoms with E-state index in [-0.39, 0.29) is 6.04 Å². The molecule has 7 heteroatoms. The molecular formula is C24H39BrN2O3S. The maximum absolute atomic E-state index is 12.0. The molecule has 1 aliphatic heterocycles. The lowest BCUT2D eigenvalue weighted by molar-refractivity contribution is 0.156. The molecule has 31 heavy (non-hydrogen) atoms. The molecule has 176 valence electrons. The Bertz CT molecular complexity index is 801. The van der Waals surface area contributed by atoms with Gasteiger partial charge in [0.05, 0.1) is 13.4 Å². The van der Waals surface area contributed by atoms with E-state index in [4.69, 9.17) is 4.74 Å². The minimum Gasteiger partial charge on any atom is -0.497 e. The predicted molar refractivity (Wildman–Crippen MR) is 131 cm³/mol. The molecule has 1 aromatic carbocycles. The standard InChI is InChI=1S/C24H39BrN2O3S/c1-4-27(31(3,28)29)22-7-5-19(6-8-22)11-14-26-15-12-20(13-16-26)17-21-18-23(30-2)9-10-24(21)25/h9-10,18-20,22H,4-8,11-17H2,1-3H3/t19-,22-. The molecule has 1 heterocycles. The van der Waals surface area contributed by atoms with E-state index >= 15 is 0 Å². The van der Waals surface area contributed by atoms with E-state index in [1.807, 2.05) is 13.0 Å². The van der Waals surface area contributed by atoms with Gasteiger partial charge in [0, 0.05) is 17.1 Å². The van der Waals surface area contributed by atoms with Crippen LogP contribution in [0, 0.1) is 11.8 Å². The minimum absolute atomic E-state index is 0.211. The summed E-state index contributed by atoms with van der Waals surface area (Å²) in [5.74, 6) is 2.43. The first-order chi connectivity index (χ1) is 14.8. The summed E-state index contributed by atoms with van der Waals surface area (Å²) in [7, 11) is -1.36. The average molecular weight is 516 g/mol. The number of rotatable bonds is 9. The number of ether oxygens (including phenoxy) is 1. The van der Waals surface area contributed by atoms with Gasteiger partial charge in [-0.05, 0) is 107 Å². The molecule has 0 aromatic heterocycles. The fourth-order valence-corrected chi connectivity index (χ4v) is 7.04. The fourth-order valence-electron chi connectivity index (χ4n) is 5.41. The summed E-state index contributed by atoms with van der Waals surface area (Å²) >= 11 is 3.69. The molecular weight excluding hydrogens is 476 g/mol. The van der Waals surface area contributed by atoms with Crippen molar-refractivity contribution in [1.82, 2.24) is 9.21 Å². The van der Waals surface area contributed by atoms with Gasteiger partial charge in [-0.15, -0.1) is 0 Å². The first-order valence-electron chi connectivity index (χ1n) is 11.8. The van der Waals surface area contributed by atoms with Gasteiger partial charge in [-0.1, -0.05) is 22.9 Å². The highest BCUT2D eigenvalue weighted by atomic mass is 79.9. The monoisotopic (exact) mass is 514 g/mol. The Labute approximate surface area is 197 Å². The second-order valence-electron chi connectivity index (χ2n) is 9.38. The van der Waals surface area contributed by atoms with E-state index in [1.54, 1.807) is 11.4 Å². The zero-order valence-electron chi connectivity index (χ0n) is 19.4. The van der Waals surface area contributed by atoms with Gasteiger partial charge in [0.25, 0.3) is 0 Å². The summed E-state index contributed by atoms with van der Waals surface area (Å²) in [6.07, 6.45) is 10.6. The second kappa shape index (κ2) is 11.5. The Kier molecular flexibility index (Phi) is 9.26. The summed E-state index contributed by atoms with van der Waals surface area (Å²) < 4.78 is 32.2. The Morgan fingerprint density at radius 3 is 2.35 bits per heavy atom. The predicted octanol–water partition coefficient (Wildman–Crippen LogP) is 4.94. The van der Waals surface area contributed by atoms with Gasteiger partial charge >= 0.3 is 0 Å². The highest BCUT2D eigenvalue weighted by Gasteiger charge is 2.30. The molecule has 1 aliphatic carbocycles. The lowest BCUT2D eigenvalue weighted by Crippen LogP contribution is -2.42. The van der Waals surface area contributed by atoms with Gasteiger partial charge in [-0.2, -0.15) is 4.31 Å². The van der Waals surface area contributed by atoms with Crippen LogP contribution in [0.3, 0.4) is 0 Å². The third-order valence-corrected chi connectivity index (χ3v) is 9.47. The fraction of sp³-hybridized carbons (Fsp3) is 0.750. The lowest BCUT2D eigenvalue weighted by Gasteiger charge is -2.36. The van der Waals surface area contributed by atoms with Crippen LogP contribution >= 0.6 is 15.9 Å². The summed E-state index contributed by atoms with van der Waals surface area (Å²) in [5.41, 5.74) is 1.35. The maximum Gasteiger partial charge on any atom is 0.211 e. The van der Waals surface area contributed by atoms with E-state index in [1.165, 1.54) is 55.2 Å². The van der Waals surface area contributed by atoms with Gasteiger partial charge < -0.3 is 9.64 Å². The molecule has 1 saturated carbocycles. The topological polar surface area (TPSA) is 49.9 Å². The SMILES string of the molecule is CCN([C@H]1CC[C@H](CCN2CCC(Cc3cc(OC)ccc3Br)CC2)CC1)S(C)(=O)=O. The van der Waals surface area contributed by atoms with E-state index in [0.29, 0.717) is 6.54 Å². The Balaban J connectivity index is 1.38. The molecule has 1 aromatic rings. The highest BCUT2D eigenvalue weighted by Crippen LogP contribution is 2.32. The Morgan fingerprint density at radius 2 is 1.77 bits per heavy atom. The van der Waals surface area contributed by atoms with Crippen LogP contribution in [-0.4, -0.2) is 63.2 Å². The molecule has 1 saturated heterocycles. The normalized spacial score (nSPS) is 23.9. The van der Waals surface area contributed by atoms with Crippen molar-refractivity contribution in [3.8, 4) is 5.75 Å². The molecule has 0 unspecified atom stereocenters. The van der Waals surface area contributed by atoms with Crippen molar-refractivity contribution in [2.75, 3.05) is 39.5 Å². The quantitative estimate of drug-likeness (QED) is 0.468. The number of hydrogen-bond donors (Lipinski definition) is 0. The van der Waals surface area contributed by atoms with Gasteiger partial charge in [-0.25, -0.2) is 8.42 Å². The second-order valence-corrected chi connectivity index (χ2v) is 12.2. The number of sulfonamides is 1. The number of nitrogens with zero attached hydrogens (tertiary/aromatic N) is 2. The summed E-state index contributed by atoms with van der Waals surface area (Å²) in [6, 6.07) is 6.47. The van der Waals surface area contributed by atoms with Crippen LogP contribution in [0.25, 0.3) is 0 Å². The number of likely N-dealkylation sites (tertiary alicyclic amines) is 1. The van der Waals surface area contributed by atoms with Crippen LogP contribution in [0.5, 0.6) is 5.75 Å². The summed E-state index contributed by atoms with van der Waals surface area (Å²) in [5, 5.41) is 0. The largest absolute Gasteiger partial charge is 0.497 e. The Morgan fingerprint density at radius 1 is 1.10 bits per heavy atom. The molecule has 0 spiro atoms. The third-order valence-electron chi connectivity index (χ3n) is 7.28. The van der Waals surface area contributed by atoms with E-state index in [0.717, 1.165) is 49.7 Å². The van der Waals surface area contributed by atoms with Gasteiger partial charge in [0.1, 0.15) is 5.75 Å². The first kappa shape index (κ1) is 25.0. The van der Waals surface area contributed by atoms with Crippen molar-refractivity contribution in [1.29, 1.82) is 0 Å². The zero-order valence-corrected chi connectivity index (χ0v) is 21.8. The van der Waals surface area contributed by atoms with Crippen molar-refractivity contribution < 1.29 is 13.2 Å². The number of hydrogen-bond acceptors (Lipinski definition) is 4. The molecule has 0 bridgehead atoms. The molecule has 5 nitrogen and oxygen atoms in total. The third kappa shape index (κ3) is 7.18. The number of methoxy groups -OCH3 is 1. The Hall–Kier alpha value is -0.630. The number of piperidine rings is 1. The number of halogens is 1. The van der Waals surface area contributed by atoms with Crippen LogP contribution in [0.15, 0.2) is 22.7 Å². The van der Waals surface area contributed by atoms with Crippen LogP contribution < -0.4 is 4.74 Å². The van der Waals surface area contributed by atoms with Crippen LogP contribution in [0.4, 0.5) is 0 Å². The highest BCUT2D eigenvalue weighted by molar-refractivity contribution is 9.10. The van der Waals surface area contributed by atoms with Crippen LogP contribution in [0.1, 0.15) is 57.4 Å². The molecule has 2 fully saturated rings. The molecule has 0 radical (unpaired) electrons. The van der Waals surface area contributed by atoms with Crippen LogP contribution in [-0.2, 0) is 16.4 Å². The van der Waals surface area contributed by atoms with Crippen molar-refractivity contribution in [3.05, 3.63) is 28.2 Å². The zero-order chi connectivity index (χ0) is 22.4. The lowest BCUT2D eigenvalue weighted by atomic mass is 9.83. The van der Waals surface area contributed by atoms with Crippen molar-refractivity contribution >= 4 is 26.0 Å². The summed E-state index contributed by atoms with van der Waals surface area (Å²) in [4.78, 5) is 2.64. The number of benzene rings is 1. The van der Waals surface area contributed by atoms with E-state index in [9.17, 15) is 8.42 Å². The maximum atomic E-state index is 12.0. The van der Waals surface area contributed by atoms with Crippen molar-refractivity contribution in [3.63, 3.8) is 0 Å². The average Bonchev–Trinajstić information content (AvgIpc) is 2.75. The smallest absolute Gasteiger partial charge is 0.211 e.